The number of allylic oxidation sites excluding steroid dienone is 1. The first-order valence-electron chi connectivity index (χ1n) is 8.63. The summed E-state index contributed by atoms with van der Waals surface area (Å²) in [5.74, 6) is -0.973. The van der Waals surface area contributed by atoms with Crippen LogP contribution in [0.2, 0.25) is 0 Å². The average molecular weight is 359 g/mol. The Morgan fingerprint density at radius 1 is 1.27 bits per heavy atom. The van der Waals surface area contributed by atoms with Crippen LogP contribution in [0, 0.1) is 11.7 Å². The molecule has 0 aromatic heterocycles. The Bertz CT molecular complexity index is 771. The lowest BCUT2D eigenvalue weighted by molar-refractivity contribution is -0.140. The van der Waals surface area contributed by atoms with Crippen molar-refractivity contribution < 1.29 is 18.8 Å². The van der Waals surface area contributed by atoms with Crippen molar-refractivity contribution in [1.82, 2.24) is 15.1 Å². The second-order valence-electron chi connectivity index (χ2n) is 6.80. The van der Waals surface area contributed by atoms with E-state index in [1.54, 1.807) is 35.9 Å². The minimum atomic E-state index is -0.343. The summed E-state index contributed by atoms with van der Waals surface area (Å²) in [6.45, 7) is 3.08. The quantitative estimate of drug-likeness (QED) is 0.817. The van der Waals surface area contributed by atoms with Gasteiger partial charge in [0.05, 0.1) is 12.0 Å². The Morgan fingerprint density at radius 3 is 2.65 bits per heavy atom. The summed E-state index contributed by atoms with van der Waals surface area (Å²) in [6.07, 6.45) is 1.72. The van der Waals surface area contributed by atoms with E-state index in [2.05, 4.69) is 5.32 Å². The van der Waals surface area contributed by atoms with Gasteiger partial charge >= 0.3 is 0 Å². The number of nitrogens with one attached hydrogen (secondary N) is 1. The molecule has 3 rings (SSSR count). The van der Waals surface area contributed by atoms with Gasteiger partial charge in [-0.15, -0.1) is 0 Å². The molecule has 2 fully saturated rings. The molecule has 1 aromatic carbocycles. The van der Waals surface area contributed by atoms with E-state index in [9.17, 15) is 18.8 Å². The van der Waals surface area contributed by atoms with Crippen LogP contribution in [-0.2, 0) is 14.4 Å². The molecule has 1 aromatic rings. The Hall–Kier alpha value is -2.70. The van der Waals surface area contributed by atoms with Crippen molar-refractivity contribution >= 4 is 23.3 Å². The molecular weight excluding hydrogens is 337 g/mol. The first kappa shape index (κ1) is 18.1. The van der Waals surface area contributed by atoms with Crippen LogP contribution in [0.5, 0.6) is 0 Å². The number of rotatable bonds is 4. The van der Waals surface area contributed by atoms with Gasteiger partial charge in [-0.3, -0.25) is 14.4 Å². The molecule has 0 saturated carbocycles. The number of hydrogen-bond donors (Lipinski definition) is 1. The highest BCUT2D eigenvalue weighted by molar-refractivity contribution is 5.95. The minimum absolute atomic E-state index is 0.0380. The SMILES string of the molecule is CNC(=O)C1CC(=O)N(C2CN(C(=O)/C=C(\C)c3cccc(F)c3)C2)C1. The predicted molar refractivity (Wildman–Crippen MR) is 94.3 cm³/mol. The van der Waals surface area contributed by atoms with E-state index >= 15 is 0 Å². The standard InChI is InChI=1S/C19H22FN3O3/c1-12(13-4-3-5-15(20)7-13)6-17(24)22-10-16(11-22)23-9-14(8-18(23)25)19(26)21-2/h3-7,14,16H,8-11H2,1-2H3,(H,21,26)/b12-6+. The van der Waals surface area contributed by atoms with Crippen LogP contribution in [0.3, 0.4) is 0 Å². The Labute approximate surface area is 151 Å². The number of likely N-dealkylation sites (tertiary alicyclic amines) is 2. The second-order valence-corrected chi connectivity index (χ2v) is 6.80. The molecule has 0 spiro atoms. The van der Waals surface area contributed by atoms with Gasteiger partial charge in [0.2, 0.25) is 17.7 Å². The molecule has 6 nitrogen and oxygen atoms in total. The van der Waals surface area contributed by atoms with Gasteiger partial charge in [0.1, 0.15) is 5.82 Å². The van der Waals surface area contributed by atoms with Gasteiger partial charge in [0, 0.05) is 39.2 Å². The number of carbonyl (C=O) groups is 3. The Balaban J connectivity index is 1.56. The van der Waals surface area contributed by atoms with Gasteiger partial charge in [-0.1, -0.05) is 12.1 Å². The van der Waals surface area contributed by atoms with Crippen LogP contribution < -0.4 is 5.32 Å². The summed E-state index contributed by atoms with van der Waals surface area (Å²) in [5.41, 5.74) is 1.36. The zero-order chi connectivity index (χ0) is 18.8. The smallest absolute Gasteiger partial charge is 0.246 e. The van der Waals surface area contributed by atoms with Gasteiger partial charge < -0.3 is 15.1 Å². The van der Waals surface area contributed by atoms with E-state index in [1.165, 1.54) is 18.2 Å². The molecule has 1 atom stereocenters. The normalized spacial score (nSPS) is 21.0. The van der Waals surface area contributed by atoms with Gasteiger partial charge in [-0.2, -0.15) is 0 Å². The zero-order valence-corrected chi connectivity index (χ0v) is 14.9. The van der Waals surface area contributed by atoms with Crippen molar-refractivity contribution in [3.8, 4) is 0 Å². The zero-order valence-electron chi connectivity index (χ0n) is 14.9. The van der Waals surface area contributed by atoms with Crippen LogP contribution >= 0.6 is 0 Å². The molecule has 0 aliphatic carbocycles. The molecule has 3 amide bonds. The Morgan fingerprint density at radius 2 is 2.00 bits per heavy atom. The van der Waals surface area contributed by atoms with Crippen molar-refractivity contribution in [1.29, 1.82) is 0 Å². The topological polar surface area (TPSA) is 69.7 Å². The number of carbonyl (C=O) groups excluding carboxylic acids is 3. The van der Waals surface area contributed by atoms with Crippen LogP contribution in [0.15, 0.2) is 30.3 Å². The number of benzene rings is 1. The monoisotopic (exact) mass is 359 g/mol. The van der Waals surface area contributed by atoms with Crippen molar-refractivity contribution in [3.63, 3.8) is 0 Å². The molecule has 138 valence electrons. The third-order valence-corrected chi connectivity index (χ3v) is 5.01. The van der Waals surface area contributed by atoms with E-state index in [0.29, 0.717) is 30.8 Å². The maximum absolute atomic E-state index is 13.3. The van der Waals surface area contributed by atoms with E-state index in [4.69, 9.17) is 0 Å². The van der Waals surface area contributed by atoms with Crippen molar-refractivity contribution in [2.24, 2.45) is 5.92 Å². The molecule has 26 heavy (non-hydrogen) atoms. The number of amides is 3. The molecule has 0 bridgehead atoms. The maximum atomic E-state index is 13.3. The van der Waals surface area contributed by atoms with Gasteiger partial charge in [0.15, 0.2) is 0 Å². The fourth-order valence-electron chi connectivity index (χ4n) is 3.39. The lowest BCUT2D eigenvalue weighted by Gasteiger charge is -2.43. The van der Waals surface area contributed by atoms with E-state index in [-0.39, 0.29) is 41.9 Å². The largest absolute Gasteiger partial charge is 0.359 e. The van der Waals surface area contributed by atoms with Gasteiger partial charge in [-0.05, 0) is 30.2 Å². The Kier molecular flexibility index (Phi) is 5.06. The molecule has 1 N–H and O–H groups in total. The van der Waals surface area contributed by atoms with Crippen molar-refractivity contribution in [2.75, 3.05) is 26.7 Å². The third kappa shape index (κ3) is 3.61. The molecule has 1 unspecified atom stereocenters. The lowest BCUT2D eigenvalue weighted by atomic mass is 10.0. The van der Waals surface area contributed by atoms with Crippen molar-refractivity contribution in [3.05, 3.63) is 41.7 Å². The summed E-state index contributed by atoms with van der Waals surface area (Å²) in [4.78, 5) is 39.5. The summed E-state index contributed by atoms with van der Waals surface area (Å²) < 4.78 is 13.3. The summed E-state index contributed by atoms with van der Waals surface area (Å²) in [6, 6.07) is 6.07. The molecule has 2 aliphatic heterocycles. The molecule has 2 heterocycles. The van der Waals surface area contributed by atoms with E-state index in [1.807, 2.05) is 0 Å². The molecule has 7 heteroatoms. The lowest BCUT2D eigenvalue weighted by Crippen LogP contribution is -2.61. The fraction of sp³-hybridized carbons (Fsp3) is 0.421. The van der Waals surface area contributed by atoms with Crippen LogP contribution in [-0.4, -0.2) is 60.2 Å². The highest BCUT2D eigenvalue weighted by Crippen LogP contribution is 2.26. The highest BCUT2D eigenvalue weighted by atomic mass is 19.1. The predicted octanol–water partition coefficient (Wildman–Crippen LogP) is 1.03. The first-order valence-corrected chi connectivity index (χ1v) is 8.63. The molecule has 2 saturated heterocycles. The fourth-order valence-corrected chi connectivity index (χ4v) is 3.39. The molecular formula is C19H22FN3O3. The third-order valence-electron chi connectivity index (χ3n) is 5.01. The molecule has 0 radical (unpaired) electrons. The van der Waals surface area contributed by atoms with Crippen LogP contribution in [0.4, 0.5) is 4.39 Å². The number of hydrogen-bond acceptors (Lipinski definition) is 3. The minimum Gasteiger partial charge on any atom is -0.359 e. The van der Waals surface area contributed by atoms with E-state index in [0.717, 1.165) is 0 Å². The van der Waals surface area contributed by atoms with Crippen LogP contribution in [0.1, 0.15) is 18.9 Å². The summed E-state index contributed by atoms with van der Waals surface area (Å²) in [5, 5.41) is 2.57. The van der Waals surface area contributed by atoms with Crippen LogP contribution in [0.25, 0.3) is 5.57 Å². The van der Waals surface area contributed by atoms with Gasteiger partial charge in [-0.25, -0.2) is 4.39 Å². The van der Waals surface area contributed by atoms with Crippen molar-refractivity contribution in [2.45, 2.75) is 19.4 Å². The average Bonchev–Trinajstić information content (AvgIpc) is 2.94. The first-order chi connectivity index (χ1) is 12.4. The number of halogens is 1. The second kappa shape index (κ2) is 7.27. The molecule has 2 aliphatic rings. The highest BCUT2D eigenvalue weighted by Gasteiger charge is 2.42. The van der Waals surface area contributed by atoms with E-state index < -0.39 is 0 Å². The number of nitrogens with zero attached hydrogens (tertiary/aromatic N) is 2. The summed E-state index contributed by atoms with van der Waals surface area (Å²) >= 11 is 0. The summed E-state index contributed by atoms with van der Waals surface area (Å²) in [7, 11) is 1.56. The maximum Gasteiger partial charge on any atom is 0.246 e. The van der Waals surface area contributed by atoms with Gasteiger partial charge in [0.25, 0.3) is 0 Å².